The van der Waals surface area contributed by atoms with Crippen LogP contribution in [0.1, 0.15) is 35.1 Å². The van der Waals surface area contributed by atoms with Gasteiger partial charge in [-0.25, -0.2) is 0 Å². The van der Waals surface area contributed by atoms with E-state index in [0.717, 1.165) is 43.7 Å². The van der Waals surface area contributed by atoms with Crippen molar-refractivity contribution in [2.24, 2.45) is 5.92 Å². The topological polar surface area (TPSA) is 65.0 Å². The average Bonchev–Trinajstić information content (AvgIpc) is 3.65. The van der Waals surface area contributed by atoms with Gasteiger partial charge in [-0.05, 0) is 54.0 Å². The van der Waals surface area contributed by atoms with Crippen LogP contribution in [-0.2, 0) is 35.2 Å². The molecule has 0 saturated heterocycles. The maximum Gasteiger partial charge on any atom is 0.416 e. The summed E-state index contributed by atoms with van der Waals surface area (Å²) in [5, 5.41) is 13.5. The lowest BCUT2D eigenvalue weighted by molar-refractivity contribution is -0.140. The van der Waals surface area contributed by atoms with Gasteiger partial charge in [-0.1, -0.05) is 30.3 Å². The Bertz CT molecular complexity index is 1040. The van der Waals surface area contributed by atoms with Gasteiger partial charge in [0.25, 0.3) is 0 Å². The fourth-order valence-electron chi connectivity index (χ4n) is 4.83. The Morgan fingerprint density at radius 2 is 2.00 bits per heavy atom. The van der Waals surface area contributed by atoms with Crippen LogP contribution < -0.4 is 5.32 Å². The standard InChI is InChI=1S/C27H34F3N3O3/c1-36-18-22(34)17-33(16-21-5-2-3-7-24(21)27(28,29)30)26(35)13-31-25-8-4-6-20-15-32(12-11-23(20)25)14-19-9-10-19/h2-8,19,22,31,34H,9-18H2,1H3. The molecule has 2 aliphatic rings. The molecule has 1 fully saturated rings. The summed E-state index contributed by atoms with van der Waals surface area (Å²) in [5.41, 5.74) is 2.50. The number of nitrogens with zero attached hydrogens (tertiary/aromatic N) is 2. The summed E-state index contributed by atoms with van der Waals surface area (Å²) in [7, 11) is 1.42. The van der Waals surface area contributed by atoms with E-state index in [1.165, 1.54) is 54.2 Å². The minimum atomic E-state index is -4.54. The first-order valence-electron chi connectivity index (χ1n) is 12.4. The van der Waals surface area contributed by atoms with Crippen LogP contribution in [0, 0.1) is 5.92 Å². The van der Waals surface area contributed by atoms with Gasteiger partial charge >= 0.3 is 6.18 Å². The summed E-state index contributed by atoms with van der Waals surface area (Å²) in [4.78, 5) is 16.9. The van der Waals surface area contributed by atoms with Crippen molar-refractivity contribution in [2.75, 3.05) is 45.2 Å². The maximum absolute atomic E-state index is 13.5. The van der Waals surface area contributed by atoms with Crippen LogP contribution in [0.4, 0.5) is 18.9 Å². The summed E-state index contributed by atoms with van der Waals surface area (Å²) >= 11 is 0. The largest absolute Gasteiger partial charge is 0.416 e. The predicted molar refractivity (Wildman–Crippen MR) is 131 cm³/mol. The van der Waals surface area contributed by atoms with Crippen molar-refractivity contribution in [3.8, 4) is 0 Å². The molecule has 0 spiro atoms. The Balaban J connectivity index is 1.45. The first kappa shape index (κ1) is 26.4. The fraction of sp³-hybridized carbons (Fsp3) is 0.519. The number of ether oxygens (including phenoxy) is 1. The highest BCUT2D eigenvalue weighted by Crippen LogP contribution is 2.34. The monoisotopic (exact) mass is 505 g/mol. The van der Waals surface area contributed by atoms with Crippen molar-refractivity contribution in [1.82, 2.24) is 9.80 Å². The Morgan fingerprint density at radius 3 is 2.72 bits per heavy atom. The van der Waals surface area contributed by atoms with Gasteiger partial charge in [-0.3, -0.25) is 9.69 Å². The van der Waals surface area contributed by atoms with E-state index in [1.54, 1.807) is 0 Å². The Kier molecular flexibility index (Phi) is 8.54. The summed E-state index contributed by atoms with van der Waals surface area (Å²) in [6.45, 7) is 2.48. The molecule has 1 amide bonds. The Hall–Kier alpha value is -2.62. The summed E-state index contributed by atoms with van der Waals surface area (Å²) in [6, 6.07) is 11.2. The molecular weight excluding hydrogens is 471 g/mol. The number of methoxy groups -OCH3 is 1. The number of anilines is 1. The average molecular weight is 506 g/mol. The van der Waals surface area contributed by atoms with Crippen LogP contribution in [0.3, 0.4) is 0 Å². The van der Waals surface area contributed by atoms with Crippen LogP contribution in [0.2, 0.25) is 0 Å². The van der Waals surface area contributed by atoms with Crippen molar-refractivity contribution < 1.29 is 27.8 Å². The van der Waals surface area contributed by atoms with Crippen molar-refractivity contribution in [3.63, 3.8) is 0 Å². The first-order valence-corrected chi connectivity index (χ1v) is 12.4. The number of benzene rings is 2. The highest BCUT2D eigenvalue weighted by molar-refractivity contribution is 5.81. The molecule has 6 nitrogen and oxygen atoms in total. The third-order valence-corrected chi connectivity index (χ3v) is 6.82. The zero-order valence-electron chi connectivity index (χ0n) is 20.6. The molecule has 2 aromatic rings. The van der Waals surface area contributed by atoms with Crippen LogP contribution in [-0.4, -0.2) is 66.8 Å². The van der Waals surface area contributed by atoms with Crippen LogP contribution in [0.15, 0.2) is 42.5 Å². The van der Waals surface area contributed by atoms with Crippen molar-refractivity contribution in [1.29, 1.82) is 0 Å². The molecule has 1 aliphatic heterocycles. The smallest absolute Gasteiger partial charge is 0.389 e. The second-order valence-corrected chi connectivity index (χ2v) is 9.76. The molecule has 1 unspecified atom stereocenters. The molecule has 0 radical (unpaired) electrons. The minimum absolute atomic E-state index is 0.0178. The number of hydrogen-bond acceptors (Lipinski definition) is 5. The molecule has 0 aromatic heterocycles. The number of carbonyl (C=O) groups is 1. The number of carbonyl (C=O) groups excluding carboxylic acids is 1. The molecular formula is C27H34F3N3O3. The van der Waals surface area contributed by atoms with Gasteiger partial charge in [-0.2, -0.15) is 13.2 Å². The molecule has 1 saturated carbocycles. The summed E-state index contributed by atoms with van der Waals surface area (Å²) in [5.74, 6) is 0.429. The van der Waals surface area contributed by atoms with Gasteiger partial charge < -0.3 is 20.1 Å². The SMILES string of the molecule is COCC(O)CN(Cc1ccccc1C(F)(F)F)C(=O)CNc1cccc2c1CCN(CC1CC1)C2. The number of rotatable bonds is 11. The first-order chi connectivity index (χ1) is 17.2. The Morgan fingerprint density at radius 1 is 1.22 bits per heavy atom. The number of aliphatic hydroxyl groups is 1. The predicted octanol–water partition coefficient (Wildman–Crippen LogP) is 3.92. The summed E-state index contributed by atoms with van der Waals surface area (Å²) < 4.78 is 45.5. The van der Waals surface area contributed by atoms with E-state index >= 15 is 0 Å². The number of aliphatic hydroxyl groups excluding tert-OH is 1. The zero-order chi connectivity index (χ0) is 25.7. The van der Waals surface area contributed by atoms with Crippen LogP contribution in [0.25, 0.3) is 0 Å². The van der Waals surface area contributed by atoms with E-state index in [9.17, 15) is 23.1 Å². The van der Waals surface area contributed by atoms with Gasteiger partial charge in [0.05, 0.1) is 24.8 Å². The van der Waals surface area contributed by atoms with Crippen molar-refractivity contribution in [3.05, 3.63) is 64.7 Å². The molecule has 1 aliphatic carbocycles. The number of amides is 1. The molecule has 1 heterocycles. The van der Waals surface area contributed by atoms with Crippen molar-refractivity contribution >= 4 is 11.6 Å². The van der Waals surface area contributed by atoms with E-state index < -0.39 is 23.8 Å². The highest BCUT2D eigenvalue weighted by Gasteiger charge is 2.34. The third kappa shape index (κ3) is 6.99. The van der Waals surface area contributed by atoms with E-state index in [1.807, 2.05) is 12.1 Å². The van der Waals surface area contributed by atoms with Gasteiger partial charge in [0.2, 0.25) is 5.91 Å². The van der Waals surface area contributed by atoms with Gasteiger partial charge in [0.15, 0.2) is 0 Å². The zero-order valence-corrected chi connectivity index (χ0v) is 20.6. The number of halogens is 3. The molecule has 2 aromatic carbocycles. The number of nitrogens with one attached hydrogen (secondary N) is 1. The van der Waals surface area contributed by atoms with Gasteiger partial charge in [-0.15, -0.1) is 0 Å². The fourth-order valence-corrected chi connectivity index (χ4v) is 4.83. The van der Waals surface area contributed by atoms with Gasteiger partial charge in [0.1, 0.15) is 0 Å². The second kappa shape index (κ2) is 11.6. The Labute approximate surface area is 210 Å². The lowest BCUT2D eigenvalue weighted by Crippen LogP contribution is -2.42. The molecule has 196 valence electrons. The number of alkyl halides is 3. The van der Waals surface area contributed by atoms with E-state index in [0.29, 0.717) is 0 Å². The van der Waals surface area contributed by atoms with Crippen LogP contribution in [0.5, 0.6) is 0 Å². The quantitative estimate of drug-likeness (QED) is 0.485. The minimum Gasteiger partial charge on any atom is -0.389 e. The van der Waals surface area contributed by atoms with E-state index in [2.05, 4.69) is 16.3 Å². The number of fused-ring (bicyclic) bond motifs is 1. The molecule has 1 atom stereocenters. The molecule has 0 bridgehead atoms. The summed E-state index contributed by atoms with van der Waals surface area (Å²) in [6.07, 6.45) is -2.04. The molecule has 36 heavy (non-hydrogen) atoms. The van der Waals surface area contributed by atoms with E-state index in [-0.39, 0.29) is 31.8 Å². The van der Waals surface area contributed by atoms with Crippen LogP contribution >= 0.6 is 0 Å². The lowest BCUT2D eigenvalue weighted by Gasteiger charge is -2.30. The molecule has 9 heteroatoms. The van der Waals surface area contributed by atoms with E-state index in [4.69, 9.17) is 4.74 Å². The maximum atomic E-state index is 13.5. The third-order valence-electron chi connectivity index (χ3n) is 6.82. The number of hydrogen-bond donors (Lipinski definition) is 2. The highest BCUT2D eigenvalue weighted by atomic mass is 19.4. The lowest BCUT2D eigenvalue weighted by atomic mass is 9.97. The molecule has 4 rings (SSSR count). The van der Waals surface area contributed by atoms with Crippen molar-refractivity contribution in [2.45, 2.75) is 44.6 Å². The second-order valence-electron chi connectivity index (χ2n) is 9.76. The molecule has 2 N–H and O–H groups in total. The van der Waals surface area contributed by atoms with Gasteiger partial charge in [0, 0.05) is 45.5 Å². The normalized spacial score (nSPS) is 16.9.